The first-order chi connectivity index (χ1) is 7.17. The lowest BCUT2D eigenvalue weighted by Gasteiger charge is -2.09. The summed E-state index contributed by atoms with van der Waals surface area (Å²) in [5, 5.41) is 7.27. The summed E-state index contributed by atoms with van der Waals surface area (Å²) < 4.78 is 0. The first kappa shape index (κ1) is 11.9. The smallest absolute Gasteiger partial charge is 0.0501 e. The summed E-state index contributed by atoms with van der Waals surface area (Å²) in [5.74, 6) is 0.356. The topological polar surface area (TPSA) is 88.2 Å². The van der Waals surface area contributed by atoms with Gasteiger partial charge in [0.15, 0.2) is 0 Å². The Morgan fingerprint density at radius 1 is 1.60 bits per heavy atom. The molecular weight excluding hydrogens is 188 g/mol. The third-order valence-corrected chi connectivity index (χ3v) is 2.47. The van der Waals surface area contributed by atoms with E-state index in [9.17, 15) is 0 Å². The van der Waals surface area contributed by atoms with Crippen molar-refractivity contribution in [2.24, 2.45) is 22.4 Å². The van der Waals surface area contributed by atoms with Crippen LogP contribution in [0.25, 0.3) is 0 Å². The average molecular weight is 208 g/mol. The fraction of sp³-hybridized carbons (Fsp3) is 0.636. The van der Waals surface area contributed by atoms with Gasteiger partial charge in [-0.25, -0.2) is 0 Å². The second-order valence-corrected chi connectivity index (χ2v) is 4.18. The zero-order valence-corrected chi connectivity index (χ0v) is 9.24. The molecule has 0 aromatic carbocycles. The Morgan fingerprint density at radius 3 is 2.73 bits per heavy atom. The highest BCUT2D eigenvalue weighted by atomic mass is 14.8. The number of allylic oxidation sites excluding steroid dienone is 2. The molecule has 0 amide bonds. The fourth-order valence-electron chi connectivity index (χ4n) is 1.20. The van der Waals surface area contributed by atoms with Gasteiger partial charge in [0, 0.05) is 23.7 Å². The van der Waals surface area contributed by atoms with Crippen LogP contribution in [-0.2, 0) is 0 Å². The van der Waals surface area contributed by atoms with E-state index in [1.807, 2.05) is 6.92 Å². The molecule has 1 aliphatic carbocycles. The standard InChI is InChI=1S/C11H20N4/c1-8(5-12)4-11(14)9(6-13)7-15-10-2-3-10/h6-8,10,13H,2-5,12,14H2,1H3. The van der Waals surface area contributed by atoms with E-state index in [-0.39, 0.29) is 0 Å². The number of aliphatic imine (C=N–C) groups is 1. The van der Waals surface area contributed by atoms with Crippen molar-refractivity contribution in [3.8, 4) is 0 Å². The Morgan fingerprint density at radius 2 is 2.27 bits per heavy atom. The lowest BCUT2D eigenvalue weighted by Crippen LogP contribution is -2.16. The van der Waals surface area contributed by atoms with Crippen LogP contribution in [-0.4, -0.2) is 25.0 Å². The van der Waals surface area contributed by atoms with Gasteiger partial charge >= 0.3 is 0 Å². The Labute approximate surface area is 91.0 Å². The van der Waals surface area contributed by atoms with Gasteiger partial charge in [0.05, 0.1) is 6.04 Å². The van der Waals surface area contributed by atoms with Gasteiger partial charge in [0.1, 0.15) is 0 Å². The Bertz CT molecular complexity index is 276. The van der Waals surface area contributed by atoms with E-state index < -0.39 is 0 Å². The van der Waals surface area contributed by atoms with Crippen molar-refractivity contribution in [1.82, 2.24) is 0 Å². The Kier molecular flexibility index (Phi) is 4.49. The molecule has 4 heteroatoms. The number of hydrogen-bond donors (Lipinski definition) is 3. The van der Waals surface area contributed by atoms with Crippen molar-refractivity contribution in [2.75, 3.05) is 6.54 Å². The molecule has 1 unspecified atom stereocenters. The van der Waals surface area contributed by atoms with Crippen LogP contribution in [0.3, 0.4) is 0 Å². The van der Waals surface area contributed by atoms with Crippen LogP contribution in [0.2, 0.25) is 0 Å². The maximum absolute atomic E-state index is 7.27. The number of nitrogens with one attached hydrogen (secondary N) is 1. The van der Waals surface area contributed by atoms with Gasteiger partial charge in [-0.15, -0.1) is 0 Å². The van der Waals surface area contributed by atoms with Crippen molar-refractivity contribution < 1.29 is 0 Å². The number of rotatable bonds is 6. The highest BCUT2D eigenvalue weighted by Crippen LogP contribution is 2.23. The maximum Gasteiger partial charge on any atom is 0.0501 e. The molecule has 0 aliphatic heterocycles. The molecule has 1 atom stereocenters. The van der Waals surface area contributed by atoms with E-state index >= 15 is 0 Å². The number of nitrogens with zero attached hydrogens (tertiary/aromatic N) is 1. The fourth-order valence-corrected chi connectivity index (χ4v) is 1.20. The van der Waals surface area contributed by atoms with Crippen LogP contribution in [0.5, 0.6) is 0 Å². The molecule has 4 nitrogen and oxygen atoms in total. The van der Waals surface area contributed by atoms with Crippen molar-refractivity contribution in [3.05, 3.63) is 11.3 Å². The predicted molar refractivity (Wildman–Crippen MR) is 64.3 cm³/mol. The SMILES string of the molecule is CC(CN)CC(N)=C(C=N)C=NC1CC1. The van der Waals surface area contributed by atoms with Crippen LogP contribution in [0.4, 0.5) is 0 Å². The third kappa shape index (κ3) is 4.25. The molecule has 1 rings (SSSR count). The molecule has 1 fully saturated rings. The predicted octanol–water partition coefficient (Wildman–Crippen LogP) is 1.07. The van der Waals surface area contributed by atoms with Crippen molar-refractivity contribution >= 4 is 12.4 Å². The molecule has 0 saturated heterocycles. The van der Waals surface area contributed by atoms with E-state index in [2.05, 4.69) is 4.99 Å². The molecule has 5 N–H and O–H groups in total. The third-order valence-electron chi connectivity index (χ3n) is 2.47. The first-order valence-corrected chi connectivity index (χ1v) is 5.39. The number of hydrogen-bond acceptors (Lipinski definition) is 4. The normalized spacial score (nSPS) is 20.1. The summed E-state index contributed by atoms with van der Waals surface area (Å²) in [6.07, 6.45) is 6.06. The Balaban J connectivity index is 2.58. The minimum absolute atomic E-state index is 0.356. The van der Waals surface area contributed by atoms with E-state index in [0.717, 1.165) is 12.0 Å². The monoisotopic (exact) mass is 208 g/mol. The zero-order valence-electron chi connectivity index (χ0n) is 9.24. The molecule has 1 saturated carbocycles. The Hall–Kier alpha value is -1.16. The summed E-state index contributed by atoms with van der Waals surface area (Å²) in [4.78, 5) is 4.32. The molecule has 0 aromatic heterocycles. The lowest BCUT2D eigenvalue weighted by atomic mass is 10.0. The molecule has 0 aromatic rings. The van der Waals surface area contributed by atoms with E-state index in [4.69, 9.17) is 16.9 Å². The maximum atomic E-state index is 7.27. The molecule has 0 spiro atoms. The summed E-state index contributed by atoms with van der Waals surface area (Å²) in [6.45, 7) is 2.66. The molecule has 0 heterocycles. The molecule has 15 heavy (non-hydrogen) atoms. The minimum atomic E-state index is 0.356. The molecule has 84 valence electrons. The average Bonchev–Trinajstić information content (AvgIpc) is 3.02. The number of nitrogens with two attached hydrogens (primary N) is 2. The van der Waals surface area contributed by atoms with Gasteiger partial charge in [-0.1, -0.05) is 6.92 Å². The highest BCUT2D eigenvalue weighted by molar-refractivity contribution is 6.03. The van der Waals surface area contributed by atoms with Crippen molar-refractivity contribution in [3.63, 3.8) is 0 Å². The van der Waals surface area contributed by atoms with Crippen molar-refractivity contribution in [2.45, 2.75) is 32.2 Å². The van der Waals surface area contributed by atoms with Gasteiger partial charge < -0.3 is 16.9 Å². The van der Waals surface area contributed by atoms with Gasteiger partial charge in [-0.05, 0) is 31.7 Å². The molecule has 0 bridgehead atoms. The second kappa shape index (κ2) is 5.66. The summed E-state index contributed by atoms with van der Waals surface area (Å²) in [6, 6.07) is 0.472. The summed E-state index contributed by atoms with van der Waals surface area (Å²) in [5.41, 5.74) is 12.9. The van der Waals surface area contributed by atoms with E-state index in [1.54, 1.807) is 6.21 Å². The first-order valence-electron chi connectivity index (χ1n) is 5.39. The van der Waals surface area contributed by atoms with Crippen LogP contribution in [0.1, 0.15) is 26.2 Å². The van der Waals surface area contributed by atoms with Crippen LogP contribution in [0.15, 0.2) is 16.3 Å². The van der Waals surface area contributed by atoms with E-state index in [0.29, 0.717) is 24.2 Å². The second-order valence-electron chi connectivity index (χ2n) is 4.18. The summed E-state index contributed by atoms with van der Waals surface area (Å²) in [7, 11) is 0. The van der Waals surface area contributed by atoms with Crippen LogP contribution < -0.4 is 11.5 Å². The highest BCUT2D eigenvalue weighted by Gasteiger charge is 2.19. The largest absolute Gasteiger partial charge is 0.401 e. The molecule has 1 aliphatic rings. The van der Waals surface area contributed by atoms with Gasteiger partial charge in [-0.2, -0.15) is 0 Å². The van der Waals surface area contributed by atoms with Crippen LogP contribution in [0, 0.1) is 11.3 Å². The van der Waals surface area contributed by atoms with Crippen molar-refractivity contribution in [1.29, 1.82) is 5.41 Å². The molecule has 0 radical (unpaired) electrons. The van der Waals surface area contributed by atoms with Gasteiger partial charge in [-0.3, -0.25) is 4.99 Å². The van der Waals surface area contributed by atoms with E-state index in [1.165, 1.54) is 19.1 Å². The van der Waals surface area contributed by atoms with Gasteiger partial charge in [0.25, 0.3) is 0 Å². The molecular formula is C11H20N4. The lowest BCUT2D eigenvalue weighted by molar-refractivity contribution is 0.586. The quantitative estimate of drug-likeness (QED) is 0.570. The zero-order chi connectivity index (χ0) is 11.3. The van der Waals surface area contributed by atoms with Gasteiger partial charge in [0.2, 0.25) is 0 Å². The summed E-state index contributed by atoms with van der Waals surface area (Å²) >= 11 is 0. The minimum Gasteiger partial charge on any atom is -0.401 e. The van der Waals surface area contributed by atoms with Crippen LogP contribution >= 0.6 is 0 Å².